The van der Waals surface area contributed by atoms with Crippen LogP contribution in [0.4, 0.5) is 5.82 Å². The van der Waals surface area contributed by atoms with Crippen molar-refractivity contribution in [3.8, 4) is 0 Å². The van der Waals surface area contributed by atoms with Crippen LogP contribution in [0.2, 0.25) is 0 Å². The smallest absolute Gasteiger partial charge is 0.256 e. The van der Waals surface area contributed by atoms with E-state index in [-0.39, 0.29) is 11.9 Å². The molecule has 2 heterocycles. The van der Waals surface area contributed by atoms with Crippen molar-refractivity contribution in [2.45, 2.75) is 44.7 Å². The van der Waals surface area contributed by atoms with E-state index in [1.807, 2.05) is 42.5 Å². The summed E-state index contributed by atoms with van der Waals surface area (Å²) in [5, 5.41) is 8.83. The van der Waals surface area contributed by atoms with Gasteiger partial charge in [-0.1, -0.05) is 55.3 Å². The first-order valence-electron chi connectivity index (χ1n) is 11.6. The number of anilines is 1. The van der Waals surface area contributed by atoms with Crippen molar-refractivity contribution in [3.05, 3.63) is 102 Å². The fourth-order valence-electron chi connectivity index (χ4n) is 4.63. The number of carbonyl (C=O) groups excluding carboxylic acids is 1. The molecular weight excluding hydrogens is 408 g/mol. The Labute approximate surface area is 194 Å². The van der Waals surface area contributed by atoms with Gasteiger partial charge in [0.2, 0.25) is 0 Å². The highest BCUT2D eigenvalue weighted by molar-refractivity contribution is 6.06. The number of nitrogens with one attached hydrogen (secondary N) is 2. The molecule has 2 aromatic carbocycles. The molecule has 1 aliphatic carbocycles. The zero-order valence-electron chi connectivity index (χ0n) is 18.8. The number of hydrogen-bond donors (Lipinski definition) is 2. The average molecular weight is 437 g/mol. The van der Waals surface area contributed by atoms with E-state index in [0.29, 0.717) is 17.4 Å². The molecule has 5 rings (SSSR count). The lowest BCUT2D eigenvalue weighted by Gasteiger charge is -2.25. The van der Waals surface area contributed by atoms with Crippen LogP contribution in [0.25, 0.3) is 10.8 Å². The minimum atomic E-state index is -0.170. The van der Waals surface area contributed by atoms with E-state index in [1.54, 1.807) is 12.4 Å². The molecule has 1 amide bonds. The summed E-state index contributed by atoms with van der Waals surface area (Å²) in [6, 6.07) is 22.4. The van der Waals surface area contributed by atoms with E-state index in [4.69, 9.17) is 4.98 Å². The molecule has 2 N–H and O–H groups in total. The molecule has 0 aliphatic heterocycles. The standard InChI is InChI=1S/C28H28N4O/c1-19-11-14-25(32-28(33)22-12-13-23-18-29-16-15-21(23)17-22)31-26(19)27(20-7-3-2-4-8-20)30-24-9-5-6-10-24/h2-4,7-8,11-18,24,27,30H,5-6,9-10H2,1H3,(H,31,32,33). The van der Waals surface area contributed by atoms with Crippen LogP contribution in [0.15, 0.2) is 79.1 Å². The largest absolute Gasteiger partial charge is 0.307 e. The van der Waals surface area contributed by atoms with Gasteiger partial charge >= 0.3 is 0 Å². The number of pyridine rings is 2. The molecule has 33 heavy (non-hydrogen) atoms. The van der Waals surface area contributed by atoms with Crippen LogP contribution in [0.1, 0.15) is 58.9 Å². The van der Waals surface area contributed by atoms with E-state index in [0.717, 1.165) is 22.0 Å². The third-order valence-electron chi connectivity index (χ3n) is 6.44. The number of aromatic nitrogens is 2. The Bertz CT molecular complexity index is 1270. The lowest BCUT2D eigenvalue weighted by Crippen LogP contribution is -2.32. The first kappa shape index (κ1) is 21.3. The Kier molecular flexibility index (Phi) is 6.13. The van der Waals surface area contributed by atoms with E-state index >= 15 is 0 Å². The molecular formula is C28H28N4O. The maximum Gasteiger partial charge on any atom is 0.256 e. The van der Waals surface area contributed by atoms with Gasteiger partial charge in [-0.3, -0.25) is 9.78 Å². The molecule has 1 saturated carbocycles. The zero-order chi connectivity index (χ0) is 22.6. The van der Waals surface area contributed by atoms with E-state index in [2.05, 4.69) is 46.8 Å². The lowest BCUT2D eigenvalue weighted by atomic mass is 9.98. The summed E-state index contributed by atoms with van der Waals surface area (Å²) in [7, 11) is 0. The number of benzene rings is 2. The zero-order valence-corrected chi connectivity index (χ0v) is 18.8. The maximum absolute atomic E-state index is 13.0. The van der Waals surface area contributed by atoms with Crippen molar-refractivity contribution in [2.75, 3.05) is 5.32 Å². The second-order valence-electron chi connectivity index (χ2n) is 8.78. The highest BCUT2D eigenvalue weighted by Gasteiger charge is 2.24. The molecule has 166 valence electrons. The summed E-state index contributed by atoms with van der Waals surface area (Å²) in [6.45, 7) is 2.08. The minimum absolute atomic E-state index is 0.0145. The molecule has 1 unspecified atom stereocenters. The van der Waals surface area contributed by atoms with Crippen LogP contribution in [0.3, 0.4) is 0 Å². The number of amides is 1. The van der Waals surface area contributed by atoms with Gasteiger partial charge in [0.25, 0.3) is 5.91 Å². The minimum Gasteiger partial charge on any atom is -0.307 e. The molecule has 0 spiro atoms. The summed E-state index contributed by atoms with van der Waals surface area (Å²) in [5.41, 5.74) is 3.84. The van der Waals surface area contributed by atoms with Crippen molar-refractivity contribution < 1.29 is 4.79 Å². The molecule has 0 bridgehead atoms. The Morgan fingerprint density at radius 3 is 2.61 bits per heavy atom. The van der Waals surface area contributed by atoms with E-state index < -0.39 is 0 Å². The third-order valence-corrected chi connectivity index (χ3v) is 6.44. The summed E-state index contributed by atoms with van der Waals surface area (Å²) in [6.07, 6.45) is 8.45. The molecule has 5 nitrogen and oxygen atoms in total. The van der Waals surface area contributed by atoms with Gasteiger partial charge in [-0.25, -0.2) is 4.98 Å². The number of fused-ring (bicyclic) bond motifs is 1. The first-order valence-corrected chi connectivity index (χ1v) is 11.6. The van der Waals surface area contributed by atoms with Gasteiger partial charge < -0.3 is 10.6 Å². The Hall–Kier alpha value is -3.57. The molecule has 4 aromatic rings. The summed E-state index contributed by atoms with van der Waals surface area (Å²) >= 11 is 0. The van der Waals surface area contributed by atoms with Gasteiger partial charge in [-0.2, -0.15) is 0 Å². The second kappa shape index (κ2) is 9.51. The normalized spacial score (nSPS) is 14.9. The van der Waals surface area contributed by atoms with Crippen LogP contribution in [0, 0.1) is 6.92 Å². The van der Waals surface area contributed by atoms with Gasteiger partial charge in [0.05, 0.1) is 11.7 Å². The topological polar surface area (TPSA) is 66.9 Å². The highest BCUT2D eigenvalue weighted by Crippen LogP contribution is 2.29. The fraction of sp³-hybridized carbons (Fsp3) is 0.250. The summed E-state index contributed by atoms with van der Waals surface area (Å²) < 4.78 is 0. The first-order chi connectivity index (χ1) is 16.2. The number of carbonyl (C=O) groups is 1. The van der Waals surface area contributed by atoms with Crippen LogP contribution < -0.4 is 10.6 Å². The van der Waals surface area contributed by atoms with Crippen LogP contribution in [-0.4, -0.2) is 21.9 Å². The van der Waals surface area contributed by atoms with Gasteiger partial charge in [0.15, 0.2) is 0 Å². The molecule has 1 fully saturated rings. The van der Waals surface area contributed by atoms with Crippen LogP contribution in [-0.2, 0) is 0 Å². The predicted octanol–water partition coefficient (Wildman–Crippen LogP) is 5.81. The van der Waals surface area contributed by atoms with Crippen molar-refractivity contribution in [2.24, 2.45) is 0 Å². The van der Waals surface area contributed by atoms with Gasteiger partial charge in [0.1, 0.15) is 5.82 Å². The molecule has 0 radical (unpaired) electrons. The quantitative estimate of drug-likeness (QED) is 0.400. The predicted molar refractivity (Wildman–Crippen MR) is 132 cm³/mol. The van der Waals surface area contributed by atoms with E-state index in [1.165, 1.54) is 31.2 Å². The van der Waals surface area contributed by atoms with E-state index in [9.17, 15) is 4.79 Å². The van der Waals surface area contributed by atoms with Gasteiger partial charge in [0, 0.05) is 29.4 Å². The molecule has 1 aliphatic rings. The SMILES string of the molecule is Cc1ccc(NC(=O)c2ccc3cnccc3c2)nc1C(NC1CCCC1)c1ccccc1. The molecule has 0 saturated heterocycles. The second-order valence-corrected chi connectivity index (χ2v) is 8.78. The fourth-order valence-corrected chi connectivity index (χ4v) is 4.63. The van der Waals surface area contributed by atoms with Crippen LogP contribution in [0.5, 0.6) is 0 Å². The maximum atomic E-state index is 13.0. The van der Waals surface area contributed by atoms with Crippen molar-refractivity contribution >= 4 is 22.5 Å². The van der Waals surface area contributed by atoms with Gasteiger partial charge in [-0.15, -0.1) is 0 Å². The Morgan fingerprint density at radius 2 is 1.79 bits per heavy atom. The number of hydrogen-bond acceptors (Lipinski definition) is 4. The number of aryl methyl sites for hydroxylation is 1. The van der Waals surface area contributed by atoms with Crippen molar-refractivity contribution in [1.29, 1.82) is 0 Å². The Balaban J connectivity index is 1.43. The average Bonchev–Trinajstić information content (AvgIpc) is 3.37. The van der Waals surface area contributed by atoms with Gasteiger partial charge in [-0.05, 0) is 60.5 Å². The number of nitrogens with zero attached hydrogens (tertiary/aromatic N) is 2. The number of rotatable bonds is 6. The third kappa shape index (κ3) is 4.78. The van der Waals surface area contributed by atoms with Crippen molar-refractivity contribution in [3.63, 3.8) is 0 Å². The Morgan fingerprint density at radius 1 is 0.970 bits per heavy atom. The van der Waals surface area contributed by atoms with Crippen LogP contribution >= 0.6 is 0 Å². The lowest BCUT2D eigenvalue weighted by molar-refractivity contribution is 0.102. The molecule has 5 heteroatoms. The summed E-state index contributed by atoms with van der Waals surface area (Å²) in [5.74, 6) is 0.389. The molecule has 2 aromatic heterocycles. The summed E-state index contributed by atoms with van der Waals surface area (Å²) in [4.78, 5) is 22.0. The van der Waals surface area contributed by atoms with Crippen molar-refractivity contribution in [1.82, 2.24) is 15.3 Å². The highest BCUT2D eigenvalue weighted by atomic mass is 16.1. The molecule has 1 atom stereocenters. The monoisotopic (exact) mass is 436 g/mol.